The molecule has 0 aliphatic carbocycles. The van der Waals surface area contributed by atoms with Crippen molar-refractivity contribution in [3.8, 4) is 5.75 Å². The van der Waals surface area contributed by atoms with Gasteiger partial charge in [0.25, 0.3) is 0 Å². The summed E-state index contributed by atoms with van der Waals surface area (Å²) < 4.78 is 5.28. The number of piperazine rings is 1. The molecule has 2 amide bonds. The van der Waals surface area contributed by atoms with Gasteiger partial charge < -0.3 is 25.2 Å². The summed E-state index contributed by atoms with van der Waals surface area (Å²) in [4.78, 5) is 28.1. The topological polar surface area (TPSA) is 76.3 Å². The number of carbonyl (C=O) groups excluding carboxylic acids is 2. The van der Waals surface area contributed by atoms with E-state index >= 15 is 0 Å². The van der Waals surface area contributed by atoms with Crippen LogP contribution in [0.25, 0.3) is 0 Å². The van der Waals surface area contributed by atoms with Gasteiger partial charge in [-0.25, -0.2) is 0 Å². The van der Waals surface area contributed by atoms with E-state index in [0.29, 0.717) is 18.0 Å². The zero-order valence-electron chi connectivity index (χ0n) is 18.9. The minimum absolute atomic E-state index is 0.110. The third kappa shape index (κ3) is 6.06. The molecule has 4 N–H and O–H groups in total. The molecular weight excluding hydrogens is 392 g/mol. The van der Waals surface area contributed by atoms with Crippen LogP contribution in [0.15, 0.2) is 42.5 Å². The van der Waals surface area contributed by atoms with E-state index in [1.54, 1.807) is 12.1 Å². The lowest BCUT2D eigenvalue weighted by atomic mass is 10.0. The van der Waals surface area contributed by atoms with Gasteiger partial charge in [-0.2, -0.15) is 0 Å². The van der Waals surface area contributed by atoms with Gasteiger partial charge in [0.1, 0.15) is 38.0 Å². The molecule has 0 bridgehead atoms. The van der Waals surface area contributed by atoms with Gasteiger partial charge in [-0.05, 0) is 31.5 Å². The Bertz CT molecular complexity index is 906. The van der Waals surface area contributed by atoms with E-state index in [1.165, 1.54) is 28.0 Å². The van der Waals surface area contributed by atoms with Crippen molar-refractivity contribution in [1.29, 1.82) is 0 Å². The van der Waals surface area contributed by atoms with Crippen molar-refractivity contribution >= 4 is 17.5 Å². The Kier molecular flexibility index (Phi) is 7.65. The lowest BCUT2D eigenvalue weighted by molar-refractivity contribution is -1.02. The number of benzene rings is 2. The van der Waals surface area contributed by atoms with Gasteiger partial charge in [0, 0.05) is 5.56 Å². The Morgan fingerprint density at radius 2 is 1.61 bits per heavy atom. The van der Waals surface area contributed by atoms with Crippen LogP contribution in [0.4, 0.5) is 5.69 Å². The Morgan fingerprint density at radius 1 is 0.968 bits per heavy atom. The molecule has 1 atom stereocenters. The number of carbonyl (C=O) groups is 2. The van der Waals surface area contributed by atoms with Crippen molar-refractivity contribution in [2.45, 2.75) is 19.9 Å². The van der Waals surface area contributed by atoms with Crippen LogP contribution in [0, 0.1) is 13.8 Å². The zero-order valence-corrected chi connectivity index (χ0v) is 18.9. The molecular formula is C24H34N4O3+2. The average molecular weight is 427 g/mol. The molecule has 0 radical (unpaired) electrons. The highest BCUT2D eigenvalue weighted by atomic mass is 16.5. The highest BCUT2D eigenvalue weighted by Gasteiger charge is 2.30. The van der Waals surface area contributed by atoms with Crippen molar-refractivity contribution in [2.75, 3.05) is 52.2 Å². The Balaban J connectivity index is 1.67. The molecule has 1 aliphatic heterocycles. The molecule has 3 rings (SSSR count). The quantitative estimate of drug-likeness (QED) is 0.472. The molecule has 0 unspecified atom stereocenters. The fraction of sp³-hybridized carbons (Fsp3) is 0.417. The van der Waals surface area contributed by atoms with Crippen LogP contribution in [-0.4, -0.2) is 58.7 Å². The summed E-state index contributed by atoms with van der Waals surface area (Å²) in [6, 6.07) is 14.0. The maximum absolute atomic E-state index is 12.6. The lowest BCUT2D eigenvalue weighted by Crippen LogP contribution is -3.27. The number of aryl methyl sites for hydroxylation is 2. The molecule has 1 fully saturated rings. The van der Waals surface area contributed by atoms with Crippen LogP contribution in [0.2, 0.25) is 0 Å². The van der Waals surface area contributed by atoms with E-state index in [4.69, 9.17) is 4.74 Å². The number of likely N-dealkylation sites (N-methyl/N-ethyl adjacent to an activating group) is 1. The summed E-state index contributed by atoms with van der Waals surface area (Å²) in [6.07, 6.45) is 0. The molecule has 1 heterocycles. The van der Waals surface area contributed by atoms with Crippen LogP contribution in [0.3, 0.4) is 0 Å². The van der Waals surface area contributed by atoms with E-state index < -0.39 is 11.8 Å². The minimum Gasteiger partial charge on any atom is -0.495 e. The molecule has 2 aromatic rings. The third-order valence-corrected chi connectivity index (χ3v) is 5.99. The van der Waals surface area contributed by atoms with Crippen molar-refractivity contribution in [3.63, 3.8) is 0 Å². The van der Waals surface area contributed by atoms with Gasteiger partial charge in [0.05, 0.1) is 26.4 Å². The molecule has 7 heteroatoms. The summed E-state index contributed by atoms with van der Waals surface area (Å²) in [5, 5.41) is 5.53. The van der Waals surface area contributed by atoms with Gasteiger partial charge >= 0.3 is 11.8 Å². The molecule has 2 aromatic carbocycles. The van der Waals surface area contributed by atoms with Crippen LogP contribution in [0.5, 0.6) is 5.75 Å². The molecule has 0 saturated carbocycles. The number of nitrogens with one attached hydrogen (secondary N) is 4. The first-order valence-corrected chi connectivity index (χ1v) is 10.8. The van der Waals surface area contributed by atoms with Crippen LogP contribution >= 0.6 is 0 Å². The second-order valence-corrected chi connectivity index (χ2v) is 8.45. The maximum Gasteiger partial charge on any atom is 0.313 e. The number of rotatable bonds is 6. The molecule has 166 valence electrons. The summed E-state index contributed by atoms with van der Waals surface area (Å²) in [6.45, 7) is 8.66. The number of amides is 2. The number of hydrogen-bond acceptors (Lipinski definition) is 3. The first-order valence-electron chi connectivity index (χ1n) is 10.8. The number of quaternary nitrogens is 2. The Morgan fingerprint density at radius 3 is 2.26 bits per heavy atom. The van der Waals surface area contributed by atoms with Crippen LogP contribution < -0.4 is 25.2 Å². The number of ether oxygens (including phenoxy) is 1. The summed E-state index contributed by atoms with van der Waals surface area (Å²) in [7, 11) is 3.75. The smallest absolute Gasteiger partial charge is 0.313 e. The highest BCUT2D eigenvalue weighted by molar-refractivity contribution is 6.39. The fourth-order valence-electron chi connectivity index (χ4n) is 4.02. The molecule has 1 saturated heterocycles. The fourth-order valence-corrected chi connectivity index (χ4v) is 4.02. The molecule has 31 heavy (non-hydrogen) atoms. The van der Waals surface area contributed by atoms with Crippen molar-refractivity contribution < 1.29 is 24.1 Å². The monoisotopic (exact) mass is 426 g/mol. The van der Waals surface area contributed by atoms with Crippen molar-refractivity contribution in [3.05, 3.63) is 59.2 Å². The maximum atomic E-state index is 12.6. The van der Waals surface area contributed by atoms with Gasteiger partial charge in [0.2, 0.25) is 0 Å². The standard InChI is InChI=1S/C24H32N4O3/c1-17-5-8-19(9-6-17)21(28-13-11-27(3)12-14-28)16-25-23(29)24(30)26-20-15-18(2)7-10-22(20)31-4/h5-10,15,21H,11-14,16H2,1-4H3,(H,25,29)(H,26,30)/p+2/t21-/m1/s1. The Labute approximate surface area is 184 Å². The molecule has 1 aliphatic rings. The first kappa shape index (κ1) is 22.8. The third-order valence-electron chi connectivity index (χ3n) is 5.99. The summed E-state index contributed by atoms with van der Waals surface area (Å²) >= 11 is 0. The second kappa shape index (κ2) is 10.4. The van der Waals surface area contributed by atoms with E-state index in [0.717, 1.165) is 31.7 Å². The lowest BCUT2D eigenvalue weighted by Gasteiger charge is -2.33. The molecule has 0 aromatic heterocycles. The van der Waals surface area contributed by atoms with Crippen LogP contribution in [-0.2, 0) is 9.59 Å². The SMILES string of the molecule is COc1ccc(C)cc1NC(=O)C(=O)NC[C@H](c1ccc(C)cc1)[NH+]1CC[NH+](C)CC1. The van der Waals surface area contributed by atoms with Crippen molar-refractivity contribution in [1.82, 2.24) is 5.32 Å². The number of hydrogen-bond donors (Lipinski definition) is 4. The predicted molar refractivity (Wildman–Crippen MR) is 121 cm³/mol. The normalized spacial score (nSPS) is 19.4. The summed E-state index contributed by atoms with van der Waals surface area (Å²) in [5.41, 5.74) is 3.85. The minimum atomic E-state index is -0.690. The largest absolute Gasteiger partial charge is 0.495 e. The molecule has 7 nitrogen and oxygen atoms in total. The second-order valence-electron chi connectivity index (χ2n) is 8.45. The number of methoxy groups -OCH3 is 1. The van der Waals surface area contributed by atoms with E-state index in [9.17, 15) is 9.59 Å². The van der Waals surface area contributed by atoms with E-state index in [1.807, 2.05) is 13.0 Å². The summed E-state index contributed by atoms with van der Waals surface area (Å²) in [5.74, 6) is -0.808. The van der Waals surface area contributed by atoms with E-state index in [-0.39, 0.29) is 6.04 Å². The zero-order chi connectivity index (χ0) is 22.4. The van der Waals surface area contributed by atoms with Gasteiger partial charge in [-0.3, -0.25) is 9.59 Å². The van der Waals surface area contributed by atoms with Gasteiger partial charge in [-0.1, -0.05) is 35.9 Å². The van der Waals surface area contributed by atoms with Gasteiger partial charge in [0.15, 0.2) is 0 Å². The van der Waals surface area contributed by atoms with E-state index in [2.05, 4.69) is 48.9 Å². The Hall–Kier alpha value is -2.90. The number of anilines is 1. The van der Waals surface area contributed by atoms with Crippen molar-refractivity contribution in [2.24, 2.45) is 0 Å². The van der Waals surface area contributed by atoms with Crippen LogP contribution in [0.1, 0.15) is 22.7 Å². The highest BCUT2D eigenvalue weighted by Crippen LogP contribution is 2.25. The van der Waals surface area contributed by atoms with Gasteiger partial charge in [-0.15, -0.1) is 0 Å². The molecule has 0 spiro atoms. The predicted octanol–water partition coefficient (Wildman–Crippen LogP) is -0.479. The average Bonchev–Trinajstić information content (AvgIpc) is 2.76. The first-order chi connectivity index (χ1) is 14.9.